The third kappa shape index (κ3) is 4.10. The highest BCUT2D eigenvalue weighted by molar-refractivity contribution is 6.00. The number of halogens is 3. The van der Waals surface area contributed by atoms with Crippen molar-refractivity contribution in [2.24, 2.45) is 10.9 Å². The van der Waals surface area contributed by atoms with Gasteiger partial charge in [0, 0.05) is 24.9 Å². The lowest BCUT2D eigenvalue weighted by atomic mass is 10.0. The van der Waals surface area contributed by atoms with Crippen molar-refractivity contribution < 1.29 is 22.7 Å². The van der Waals surface area contributed by atoms with Crippen molar-refractivity contribution in [1.82, 2.24) is 4.98 Å². The number of aryl methyl sites for hydroxylation is 1. The van der Waals surface area contributed by atoms with E-state index in [-0.39, 0.29) is 17.0 Å². The first-order valence-corrected chi connectivity index (χ1v) is 6.58. The topological polar surface area (TPSA) is 51.5 Å². The monoisotopic (exact) mass is 300 g/mol. The Labute approximate surface area is 120 Å². The van der Waals surface area contributed by atoms with Crippen LogP contribution in [0.4, 0.5) is 13.2 Å². The van der Waals surface area contributed by atoms with E-state index in [4.69, 9.17) is 4.74 Å². The average Bonchev–Trinajstić information content (AvgIpc) is 2.45. The van der Waals surface area contributed by atoms with Crippen LogP contribution in [0.25, 0.3) is 0 Å². The number of pyridine rings is 1. The smallest absolute Gasteiger partial charge is 0.381 e. The molecule has 1 amide bonds. The van der Waals surface area contributed by atoms with Gasteiger partial charge in [-0.25, -0.2) is 4.99 Å². The van der Waals surface area contributed by atoms with Crippen LogP contribution in [0.2, 0.25) is 0 Å². The maximum Gasteiger partial charge on any atom is 0.433 e. The van der Waals surface area contributed by atoms with Gasteiger partial charge in [0.2, 0.25) is 0 Å². The van der Waals surface area contributed by atoms with Crippen molar-refractivity contribution in [2.45, 2.75) is 25.9 Å². The first-order valence-electron chi connectivity index (χ1n) is 6.58. The standard InChI is InChI=1S/C14H15F3N2O2/c1-9-5-12(14(15,16)17)18-7-11(9)13(20)19-6-10-3-2-4-21-8-10/h5-7,10H,2-4,8H2,1H3. The Balaban J connectivity index is 2.10. The summed E-state index contributed by atoms with van der Waals surface area (Å²) >= 11 is 0. The molecule has 0 N–H and O–H groups in total. The van der Waals surface area contributed by atoms with Gasteiger partial charge in [-0.1, -0.05) is 0 Å². The lowest BCUT2D eigenvalue weighted by Crippen LogP contribution is -2.18. The van der Waals surface area contributed by atoms with Crippen molar-refractivity contribution in [3.63, 3.8) is 0 Å². The van der Waals surface area contributed by atoms with Gasteiger partial charge in [0.05, 0.1) is 12.2 Å². The van der Waals surface area contributed by atoms with Crippen LogP contribution in [0.1, 0.15) is 34.5 Å². The van der Waals surface area contributed by atoms with E-state index in [1.165, 1.54) is 13.1 Å². The summed E-state index contributed by atoms with van der Waals surface area (Å²) in [5.41, 5.74) is -0.725. The Bertz CT molecular complexity index is 550. The Morgan fingerprint density at radius 1 is 1.52 bits per heavy atom. The molecule has 114 valence electrons. The molecular formula is C14H15F3N2O2. The minimum Gasteiger partial charge on any atom is -0.381 e. The molecule has 0 aliphatic carbocycles. The molecule has 1 aromatic heterocycles. The van der Waals surface area contributed by atoms with Crippen LogP contribution in [-0.4, -0.2) is 30.3 Å². The maximum atomic E-state index is 12.5. The minimum absolute atomic E-state index is 0.0745. The van der Waals surface area contributed by atoms with Gasteiger partial charge < -0.3 is 4.74 Å². The van der Waals surface area contributed by atoms with E-state index >= 15 is 0 Å². The third-order valence-electron chi connectivity index (χ3n) is 3.23. The first kappa shape index (κ1) is 15.6. The molecule has 1 atom stereocenters. The molecule has 1 aromatic rings. The lowest BCUT2D eigenvalue weighted by Gasteiger charge is -2.17. The molecule has 1 fully saturated rings. The van der Waals surface area contributed by atoms with E-state index in [2.05, 4.69) is 9.98 Å². The number of ether oxygens (including phenoxy) is 1. The average molecular weight is 300 g/mol. The van der Waals surface area contributed by atoms with Gasteiger partial charge in [0.15, 0.2) is 0 Å². The van der Waals surface area contributed by atoms with Crippen LogP contribution in [0.15, 0.2) is 17.3 Å². The van der Waals surface area contributed by atoms with Gasteiger partial charge in [-0.2, -0.15) is 13.2 Å². The number of hydrogen-bond acceptors (Lipinski definition) is 3. The molecule has 0 saturated carbocycles. The second-order valence-corrected chi connectivity index (χ2v) is 4.94. The van der Waals surface area contributed by atoms with Crippen LogP contribution in [0.3, 0.4) is 0 Å². The van der Waals surface area contributed by atoms with Crippen LogP contribution in [-0.2, 0) is 10.9 Å². The Morgan fingerprint density at radius 2 is 2.29 bits per heavy atom. The summed E-state index contributed by atoms with van der Waals surface area (Å²) in [4.78, 5) is 19.0. The normalized spacial score (nSPS) is 19.9. The molecule has 0 radical (unpaired) electrons. The number of hydrogen-bond donors (Lipinski definition) is 0. The molecule has 1 saturated heterocycles. The second kappa shape index (κ2) is 6.34. The summed E-state index contributed by atoms with van der Waals surface area (Å²) in [6.45, 7) is 2.66. The lowest BCUT2D eigenvalue weighted by molar-refractivity contribution is -0.141. The van der Waals surface area contributed by atoms with Gasteiger partial charge in [-0.15, -0.1) is 0 Å². The number of alkyl halides is 3. The van der Waals surface area contributed by atoms with Crippen LogP contribution in [0.5, 0.6) is 0 Å². The molecule has 7 heteroatoms. The van der Waals surface area contributed by atoms with Gasteiger partial charge in [-0.3, -0.25) is 9.78 Å². The van der Waals surface area contributed by atoms with Crippen molar-refractivity contribution in [3.8, 4) is 0 Å². The van der Waals surface area contributed by atoms with Gasteiger partial charge in [-0.05, 0) is 31.4 Å². The molecule has 1 unspecified atom stereocenters. The Kier molecular flexibility index (Phi) is 4.72. The molecule has 21 heavy (non-hydrogen) atoms. The fourth-order valence-corrected chi connectivity index (χ4v) is 2.06. The highest BCUT2D eigenvalue weighted by Crippen LogP contribution is 2.28. The number of rotatable bonds is 2. The van der Waals surface area contributed by atoms with E-state index in [9.17, 15) is 18.0 Å². The molecule has 2 rings (SSSR count). The first-order chi connectivity index (χ1) is 9.88. The number of aromatic nitrogens is 1. The Morgan fingerprint density at radius 3 is 2.86 bits per heavy atom. The van der Waals surface area contributed by atoms with Crippen molar-refractivity contribution in [3.05, 3.63) is 29.1 Å². The number of aliphatic imine (C=N–C) groups is 1. The van der Waals surface area contributed by atoms with Crippen LogP contribution in [0, 0.1) is 12.8 Å². The fourth-order valence-electron chi connectivity index (χ4n) is 2.06. The summed E-state index contributed by atoms with van der Waals surface area (Å²) in [5.74, 6) is -0.510. The number of carbonyl (C=O) groups excluding carboxylic acids is 1. The number of carbonyl (C=O) groups is 1. The van der Waals surface area contributed by atoms with Gasteiger partial charge in [0.1, 0.15) is 5.69 Å². The van der Waals surface area contributed by atoms with Crippen LogP contribution >= 0.6 is 0 Å². The fraction of sp³-hybridized carbons (Fsp3) is 0.500. The highest BCUT2D eigenvalue weighted by atomic mass is 19.4. The van der Waals surface area contributed by atoms with E-state index in [0.717, 1.165) is 25.1 Å². The largest absolute Gasteiger partial charge is 0.433 e. The van der Waals surface area contributed by atoms with Gasteiger partial charge in [0.25, 0.3) is 5.91 Å². The van der Waals surface area contributed by atoms with E-state index in [0.29, 0.717) is 13.2 Å². The van der Waals surface area contributed by atoms with Crippen molar-refractivity contribution in [2.75, 3.05) is 13.2 Å². The summed E-state index contributed by atoms with van der Waals surface area (Å²) in [6.07, 6.45) is -0.282. The highest BCUT2D eigenvalue weighted by Gasteiger charge is 2.33. The third-order valence-corrected chi connectivity index (χ3v) is 3.23. The van der Waals surface area contributed by atoms with E-state index < -0.39 is 17.8 Å². The van der Waals surface area contributed by atoms with Gasteiger partial charge >= 0.3 is 6.18 Å². The molecule has 4 nitrogen and oxygen atoms in total. The predicted octanol–water partition coefficient (Wildman–Crippen LogP) is 3.05. The quantitative estimate of drug-likeness (QED) is 0.789. The zero-order valence-electron chi connectivity index (χ0n) is 11.5. The molecule has 0 aromatic carbocycles. The Hall–Kier alpha value is -1.76. The zero-order chi connectivity index (χ0) is 15.5. The minimum atomic E-state index is -4.52. The summed E-state index contributed by atoms with van der Waals surface area (Å²) in [6, 6.07) is 0.854. The maximum absolute atomic E-state index is 12.5. The zero-order valence-corrected chi connectivity index (χ0v) is 11.5. The molecule has 1 aliphatic rings. The molecular weight excluding hydrogens is 285 g/mol. The van der Waals surface area contributed by atoms with Crippen molar-refractivity contribution in [1.29, 1.82) is 0 Å². The number of amides is 1. The van der Waals surface area contributed by atoms with Crippen LogP contribution < -0.4 is 0 Å². The van der Waals surface area contributed by atoms with Crippen molar-refractivity contribution >= 4 is 12.1 Å². The summed E-state index contributed by atoms with van der Waals surface area (Å²) in [5, 5.41) is 0. The predicted molar refractivity (Wildman–Crippen MR) is 70.3 cm³/mol. The second-order valence-electron chi connectivity index (χ2n) is 4.94. The van der Waals surface area contributed by atoms with E-state index in [1.807, 2.05) is 0 Å². The SMILES string of the molecule is Cc1cc(C(F)(F)F)ncc1C(=O)N=CC1CCCOC1. The van der Waals surface area contributed by atoms with E-state index in [1.54, 1.807) is 0 Å². The number of nitrogens with zero attached hydrogens (tertiary/aromatic N) is 2. The summed E-state index contributed by atoms with van der Waals surface area (Å²) in [7, 11) is 0. The molecule has 2 heterocycles. The molecule has 1 aliphatic heterocycles. The molecule has 0 bridgehead atoms. The molecule has 0 spiro atoms. The summed E-state index contributed by atoms with van der Waals surface area (Å²) < 4.78 is 42.8.